The molecule has 0 saturated heterocycles. The number of fused-ring (bicyclic) bond motifs is 3. The second-order valence-corrected chi connectivity index (χ2v) is 7.38. The maximum Gasteiger partial charge on any atom is 0.311 e. The SMILES string of the molecule is COc1cc(CCC(=O)Oc2ccc3oc4c(c3c2)CCCC4)cc(OC)c1OC. The van der Waals surface area contributed by atoms with Crippen LogP contribution in [0.15, 0.2) is 34.7 Å². The van der Waals surface area contributed by atoms with Crippen LogP contribution >= 0.6 is 0 Å². The van der Waals surface area contributed by atoms with Crippen molar-refractivity contribution in [3.05, 3.63) is 47.2 Å². The number of carbonyl (C=O) groups is 1. The molecule has 0 radical (unpaired) electrons. The van der Waals surface area contributed by atoms with E-state index in [0.717, 1.165) is 41.6 Å². The van der Waals surface area contributed by atoms with Crippen molar-refractivity contribution in [2.45, 2.75) is 38.5 Å². The average molecular weight is 410 g/mol. The molecule has 2 aromatic carbocycles. The molecule has 1 aromatic heterocycles. The van der Waals surface area contributed by atoms with Crippen molar-refractivity contribution >= 4 is 16.9 Å². The van der Waals surface area contributed by atoms with Gasteiger partial charge in [-0.25, -0.2) is 0 Å². The molecular formula is C24H26O6. The van der Waals surface area contributed by atoms with Gasteiger partial charge in [-0.2, -0.15) is 0 Å². The number of hydrogen-bond donors (Lipinski definition) is 0. The third-order valence-electron chi connectivity index (χ3n) is 5.50. The lowest BCUT2D eigenvalue weighted by molar-refractivity contribution is -0.134. The second-order valence-electron chi connectivity index (χ2n) is 7.38. The zero-order valence-electron chi connectivity index (χ0n) is 17.6. The van der Waals surface area contributed by atoms with E-state index in [2.05, 4.69) is 0 Å². The highest BCUT2D eigenvalue weighted by atomic mass is 16.5. The number of methoxy groups -OCH3 is 3. The van der Waals surface area contributed by atoms with Crippen LogP contribution in [0.1, 0.15) is 36.1 Å². The Kier molecular flexibility index (Phi) is 5.84. The molecule has 0 amide bonds. The Hall–Kier alpha value is -3.15. The molecule has 30 heavy (non-hydrogen) atoms. The lowest BCUT2D eigenvalue weighted by atomic mass is 9.96. The molecule has 158 valence electrons. The molecule has 0 N–H and O–H groups in total. The smallest absolute Gasteiger partial charge is 0.311 e. The molecule has 0 aliphatic heterocycles. The Morgan fingerprint density at radius 2 is 1.70 bits per heavy atom. The molecule has 6 nitrogen and oxygen atoms in total. The van der Waals surface area contributed by atoms with Crippen LogP contribution in [-0.2, 0) is 24.1 Å². The fourth-order valence-corrected chi connectivity index (χ4v) is 4.01. The van der Waals surface area contributed by atoms with Gasteiger partial charge in [-0.15, -0.1) is 0 Å². The quantitative estimate of drug-likeness (QED) is 0.409. The minimum absolute atomic E-state index is 0.236. The van der Waals surface area contributed by atoms with Crippen molar-refractivity contribution < 1.29 is 28.2 Å². The van der Waals surface area contributed by atoms with Crippen LogP contribution in [0.3, 0.4) is 0 Å². The van der Waals surface area contributed by atoms with Gasteiger partial charge in [0.25, 0.3) is 0 Å². The minimum Gasteiger partial charge on any atom is -0.493 e. The Morgan fingerprint density at radius 1 is 0.967 bits per heavy atom. The first kappa shape index (κ1) is 20.1. The van der Waals surface area contributed by atoms with Crippen LogP contribution in [0.4, 0.5) is 0 Å². The number of ether oxygens (including phenoxy) is 4. The zero-order valence-corrected chi connectivity index (χ0v) is 17.6. The molecule has 1 aliphatic rings. The van der Waals surface area contributed by atoms with E-state index in [-0.39, 0.29) is 12.4 Å². The van der Waals surface area contributed by atoms with Gasteiger partial charge < -0.3 is 23.4 Å². The maximum atomic E-state index is 12.4. The highest BCUT2D eigenvalue weighted by Gasteiger charge is 2.19. The number of aryl methyl sites for hydroxylation is 3. The first-order valence-corrected chi connectivity index (χ1v) is 10.2. The van der Waals surface area contributed by atoms with E-state index in [1.165, 1.54) is 12.0 Å². The monoisotopic (exact) mass is 410 g/mol. The predicted octanol–water partition coefficient (Wildman–Crippen LogP) is 4.88. The average Bonchev–Trinajstić information content (AvgIpc) is 3.14. The van der Waals surface area contributed by atoms with Gasteiger partial charge >= 0.3 is 5.97 Å². The molecule has 4 rings (SSSR count). The Balaban J connectivity index is 1.45. The largest absolute Gasteiger partial charge is 0.493 e. The van der Waals surface area contributed by atoms with Gasteiger partial charge in [0.2, 0.25) is 5.75 Å². The summed E-state index contributed by atoms with van der Waals surface area (Å²) in [6, 6.07) is 9.28. The lowest BCUT2D eigenvalue weighted by Crippen LogP contribution is -2.09. The lowest BCUT2D eigenvalue weighted by Gasteiger charge is -2.14. The fraction of sp³-hybridized carbons (Fsp3) is 0.375. The van der Waals surface area contributed by atoms with Gasteiger partial charge in [0.1, 0.15) is 17.1 Å². The molecule has 1 heterocycles. The van der Waals surface area contributed by atoms with Crippen LogP contribution in [0.25, 0.3) is 11.0 Å². The summed E-state index contributed by atoms with van der Waals surface area (Å²) in [4.78, 5) is 12.4. The molecule has 0 spiro atoms. The van der Waals surface area contributed by atoms with Crippen molar-refractivity contribution in [3.63, 3.8) is 0 Å². The van der Waals surface area contributed by atoms with Crippen LogP contribution in [0.2, 0.25) is 0 Å². The summed E-state index contributed by atoms with van der Waals surface area (Å²) >= 11 is 0. The van der Waals surface area contributed by atoms with Gasteiger partial charge in [-0.3, -0.25) is 4.79 Å². The van der Waals surface area contributed by atoms with E-state index >= 15 is 0 Å². The minimum atomic E-state index is -0.291. The van der Waals surface area contributed by atoms with Crippen LogP contribution in [0.5, 0.6) is 23.0 Å². The third kappa shape index (κ3) is 3.95. The van der Waals surface area contributed by atoms with E-state index < -0.39 is 0 Å². The second kappa shape index (κ2) is 8.69. The van der Waals surface area contributed by atoms with Crippen molar-refractivity contribution in [2.24, 2.45) is 0 Å². The summed E-state index contributed by atoms with van der Waals surface area (Å²) in [7, 11) is 4.70. The molecule has 1 aliphatic carbocycles. The zero-order chi connectivity index (χ0) is 21.1. The highest BCUT2D eigenvalue weighted by Crippen LogP contribution is 2.38. The van der Waals surface area contributed by atoms with Crippen molar-refractivity contribution in [3.8, 4) is 23.0 Å². The Morgan fingerprint density at radius 3 is 2.40 bits per heavy atom. The summed E-state index contributed by atoms with van der Waals surface area (Å²) in [5.41, 5.74) is 3.02. The van der Waals surface area contributed by atoms with Crippen molar-refractivity contribution in [2.75, 3.05) is 21.3 Å². The van der Waals surface area contributed by atoms with Gasteiger partial charge in [0.05, 0.1) is 21.3 Å². The van der Waals surface area contributed by atoms with Gasteiger partial charge in [0.15, 0.2) is 11.5 Å². The first-order chi connectivity index (χ1) is 14.6. The van der Waals surface area contributed by atoms with Gasteiger partial charge in [-0.05, 0) is 61.6 Å². The molecule has 0 fully saturated rings. The van der Waals surface area contributed by atoms with Crippen molar-refractivity contribution in [1.82, 2.24) is 0 Å². The first-order valence-electron chi connectivity index (χ1n) is 10.2. The number of rotatable bonds is 7. The van der Waals surface area contributed by atoms with E-state index in [1.807, 2.05) is 24.3 Å². The summed E-state index contributed by atoms with van der Waals surface area (Å²) in [5.74, 6) is 2.99. The number of carbonyl (C=O) groups excluding carboxylic acids is 1. The predicted molar refractivity (Wildman–Crippen MR) is 113 cm³/mol. The van der Waals surface area contributed by atoms with E-state index in [4.69, 9.17) is 23.4 Å². The number of esters is 1. The molecule has 0 atom stereocenters. The fourth-order valence-electron chi connectivity index (χ4n) is 4.01. The maximum absolute atomic E-state index is 12.4. The van der Waals surface area contributed by atoms with E-state index in [9.17, 15) is 4.79 Å². The van der Waals surface area contributed by atoms with Crippen molar-refractivity contribution in [1.29, 1.82) is 0 Å². The molecule has 6 heteroatoms. The summed E-state index contributed by atoms with van der Waals surface area (Å²) in [6.45, 7) is 0. The van der Waals surface area contributed by atoms with Crippen LogP contribution in [-0.4, -0.2) is 27.3 Å². The molecular weight excluding hydrogens is 384 g/mol. The Bertz CT molecular complexity index is 1040. The topological polar surface area (TPSA) is 67.1 Å². The molecule has 0 bridgehead atoms. The highest BCUT2D eigenvalue weighted by molar-refractivity contribution is 5.85. The third-order valence-corrected chi connectivity index (χ3v) is 5.50. The number of benzene rings is 2. The standard InChI is InChI=1S/C24H26O6/c1-26-21-12-15(13-22(27-2)24(21)28-3)8-11-23(25)29-16-9-10-20-18(14-16)17-6-4-5-7-19(17)30-20/h9-10,12-14H,4-8,11H2,1-3H3. The molecule has 3 aromatic rings. The van der Waals surface area contributed by atoms with Gasteiger partial charge in [0, 0.05) is 23.8 Å². The van der Waals surface area contributed by atoms with E-state index in [1.54, 1.807) is 27.4 Å². The molecule has 0 unspecified atom stereocenters. The van der Waals surface area contributed by atoms with Gasteiger partial charge in [-0.1, -0.05) is 0 Å². The summed E-state index contributed by atoms with van der Waals surface area (Å²) in [5, 5.41) is 1.06. The number of furan rings is 1. The molecule has 0 saturated carbocycles. The number of hydrogen-bond acceptors (Lipinski definition) is 6. The van der Waals surface area contributed by atoms with Crippen LogP contribution in [0, 0.1) is 0 Å². The van der Waals surface area contributed by atoms with Crippen LogP contribution < -0.4 is 18.9 Å². The van der Waals surface area contributed by atoms with E-state index in [0.29, 0.717) is 29.4 Å². The Labute approximate surface area is 175 Å². The summed E-state index contributed by atoms with van der Waals surface area (Å²) < 4.78 is 27.6. The summed E-state index contributed by atoms with van der Waals surface area (Å²) in [6.07, 6.45) is 5.06. The normalized spacial score (nSPS) is 13.0.